The highest BCUT2D eigenvalue weighted by molar-refractivity contribution is 6.02. The SMILES string of the molecule is Cc1cc[nH]c(=O)c1.Cc1cc[nH]c(=O)c1.O=C(O)c1ccccc1-c1ccccc1C(=O)O. The van der Waals surface area contributed by atoms with Gasteiger partial charge in [0.05, 0.1) is 11.1 Å². The van der Waals surface area contributed by atoms with Gasteiger partial charge < -0.3 is 20.2 Å². The Labute approximate surface area is 195 Å². The number of aromatic nitrogens is 2. The van der Waals surface area contributed by atoms with E-state index in [1.165, 1.54) is 12.1 Å². The number of carbonyl (C=O) groups is 2. The Hall–Kier alpha value is -4.72. The maximum absolute atomic E-state index is 11.1. The summed E-state index contributed by atoms with van der Waals surface area (Å²) in [7, 11) is 0. The van der Waals surface area contributed by atoms with Gasteiger partial charge in [0.2, 0.25) is 11.1 Å². The van der Waals surface area contributed by atoms with E-state index in [0.29, 0.717) is 11.1 Å². The topological polar surface area (TPSA) is 140 Å². The molecular weight excluding hydrogens is 436 g/mol. The van der Waals surface area contributed by atoms with E-state index >= 15 is 0 Å². The summed E-state index contributed by atoms with van der Waals surface area (Å²) in [5.74, 6) is -2.16. The van der Waals surface area contributed by atoms with E-state index in [-0.39, 0.29) is 22.2 Å². The number of H-pyrrole nitrogens is 2. The van der Waals surface area contributed by atoms with E-state index in [1.807, 2.05) is 26.0 Å². The van der Waals surface area contributed by atoms with Crippen LogP contribution >= 0.6 is 0 Å². The van der Waals surface area contributed by atoms with Gasteiger partial charge in [0.1, 0.15) is 0 Å². The summed E-state index contributed by atoms with van der Waals surface area (Å²) in [4.78, 5) is 48.2. The second-order valence-electron chi connectivity index (χ2n) is 7.16. The fraction of sp³-hybridized carbons (Fsp3) is 0.0769. The Balaban J connectivity index is 0.000000210. The summed E-state index contributed by atoms with van der Waals surface area (Å²) in [6, 6.07) is 19.5. The molecule has 8 nitrogen and oxygen atoms in total. The molecule has 2 heterocycles. The van der Waals surface area contributed by atoms with Crippen LogP contribution in [0.4, 0.5) is 0 Å². The number of rotatable bonds is 3. The molecule has 0 amide bonds. The second-order valence-corrected chi connectivity index (χ2v) is 7.16. The number of nitrogens with one attached hydrogen (secondary N) is 2. The van der Waals surface area contributed by atoms with Gasteiger partial charge in [-0.2, -0.15) is 0 Å². The maximum atomic E-state index is 11.1. The molecular formula is C26H24N2O6. The molecule has 0 unspecified atom stereocenters. The van der Waals surface area contributed by atoms with Crippen molar-refractivity contribution in [2.45, 2.75) is 13.8 Å². The van der Waals surface area contributed by atoms with Gasteiger partial charge in [-0.25, -0.2) is 9.59 Å². The van der Waals surface area contributed by atoms with Crippen molar-refractivity contribution >= 4 is 11.9 Å². The third-order valence-electron chi connectivity index (χ3n) is 4.47. The van der Waals surface area contributed by atoms with Crippen LogP contribution in [0.15, 0.2) is 94.8 Å². The molecule has 34 heavy (non-hydrogen) atoms. The zero-order valence-electron chi connectivity index (χ0n) is 18.6. The predicted octanol–water partition coefficient (Wildman–Crippen LogP) is 4.12. The lowest BCUT2D eigenvalue weighted by Crippen LogP contribution is -2.03. The molecule has 0 aliphatic heterocycles. The minimum absolute atomic E-state index is 0.0370. The molecule has 0 fully saturated rings. The van der Waals surface area contributed by atoms with Crippen LogP contribution in [0.3, 0.4) is 0 Å². The van der Waals surface area contributed by atoms with Gasteiger partial charge >= 0.3 is 11.9 Å². The minimum atomic E-state index is -1.08. The minimum Gasteiger partial charge on any atom is -0.478 e. The smallest absolute Gasteiger partial charge is 0.336 e. The van der Waals surface area contributed by atoms with E-state index < -0.39 is 11.9 Å². The number of benzene rings is 2. The average molecular weight is 460 g/mol. The molecule has 0 aliphatic carbocycles. The highest BCUT2D eigenvalue weighted by Gasteiger charge is 2.16. The van der Waals surface area contributed by atoms with Crippen molar-refractivity contribution in [3.05, 3.63) is 128 Å². The molecule has 4 aromatic rings. The molecule has 0 bridgehead atoms. The molecule has 0 radical (unpaired) electrons. The number of aryl methyl sites for hydroxylation is 2. The molecule has 0 saturated carbocycles. The van der Waals surface area contributed by atoms with Crippen LogP contribution in [-0.2, 0) is 0 Å². The van der Waals surface area contributed by atoms with Crippen LogP contribution in [0.1, 0.15) is 31.8 Å². The first-order valence-electron chi connectivity index (χ1n) is 10.1. The first kappa shape index (κ1) is 25.5. The lowest BCUT2D eigenvalue weighted by atomic mass is 9.95. The molecule has 4 rings (SSSR count). The second kappa shape index (κ2) is 12.4. The van der Waals surface area contributed by atoms with E-state index in [9.17, 15) is 19.2 Å². The monoisotopic (exact) mass is 460 g/mol. The van der Waals surface area contributed by atoms with Crippen LogP contribution in [0.5, 0.6) is 0 Å². The number of hydrogen-bond donors (Lipinski definition) is 4. The summed E-state index contributed by atoms with van der Waals surface area (Å²) in [6.45, 7) is 3.77. The van der Waals surface area contributed by atoms with Gasteiger partial charge in [-0.3, -0.25) is 9.59 Å². The molecule has 4 N–H and O–H groups in total. The van der Waals surface area contributed by atoms with Crippen molar-refractivity contribution in [1.82, 2.24) is 9.97 Å². The Kier molecular flexibility index (Phi) is 9.28. The van der Waals surface area contributed by atoms with Crippen molar-refractivity contribution in [1.29, 1.82) is 0 Å². The molecule has 0 spiro atoms. The highest BCUT2D eigenvalue weighted by atomic mass is 16.4. The van der Waals surface area contributed by atoms with Gasteiger partial charge in [0.25, 0.3) is 0 Å². The Morgan fingerprint density at radius 1 is 0.618 bits per heavy atom. The zero-order valence-corrected chi connectivity index (χ0v) is 18.6. The Morgan fingerprint density at radius 2 is 0.971 bits per heavy atom. The summed E-state index contributed by atoms with van der Waals surface area (Å²) in [6.07, 6.45) is 3.27. The van der Waals surface area contributed by atoms with Crippen molar-refractivity contribution in [3.63, 3.8) is 0 Å². The van der Waals surface area contributed by atoms with E-state index in [1.54, 1.807) is 60.9 Å². The summed E-state index contributed by atoms with van der Waals surface area (Å²) < 4.78 is 0. The van der Waals surface area contributed by atoms with Gasteiger partial charge in [0.15, 0.2) is 0 Å². The number of aromatic amines is 2. The lowest BCUT2D eigenvalue weighted by Gasteiger charge is -2.08. The van der Waals surface area contributed by atoms with E-state index in [0.717, 1.165) is 11.1 Å². The summed E-state index contributed by atoms with van der Waals surface area (Å²) in [5.41, 5.74) is 2.90. The highest BCUT2D eigenvalue weighted by Crippen LogP contribution is 2.27. The fourth-order valence-electron chi connectivity index (χ4n) is 2.91. The van der Waals surface area contributed by atoms with Gasteiger partial charge in [-0.15, -0.1) is 0 Å². The number of carboxylic acid groups (broad SMARTS) is 2. The van der Waals surface area contributed by atoms with Crippen molar-refractivity contribution in [3.8, 4) is 11.1 Å². The molecule has 2 aromatic carbocycles. The summed E-state index contributed by atoms with van der Waals surface area (Å²) in [5, 5.41) is 18.2. The molecule has 0 saturated heterocycles. The van der Waals surface area contributed by atoms with E-state index in [4.69, 9.17) is 10.2 Å². The Bertz CT molecular complexity index is 1280. The quantitative estimate of drug-likeness (QED) is 0.363. The van der Waals surface area contributed by atoms with Crippen molar-refractivity contribution in [2.75, 3.05) is 0 Å². The summed E-state index contributed by atoms with van der Waals surface area (Å²) >= 11 is 0. The van der Waals surface area contributed by atoms with Crippen LogP contribution in [0.2, 0.25) is 0 Å². The third-order valence-corrected chi connectivity index (χ3v) is 4.47. The molecule has 0 aliphatic rings. The fourth-order valence-corrected chi connectivity index (χ4v) is 2.91. The lowest BCUT2D eigenvalue weighted by molar-refractivity contribution is 0.0684. The van der Waals surface area contributed by atoms with Crippen LogP contribution < -0.4 is 11.1 Å². The molecule has 174 valence electrons. The zero-order chi connectivity index (χ0) is 25.1. The van der Waals surface area contributed by atoms with Gasteiger partial charge in [-0.05, 0) is 60.4 Å². The largest absolute Gasteiger partial charge is 0.478 e. The van der Waals surface area contributed by atoms with Gasteiger partial charge in [0, 0.05) is 24.5 Å². The maximum Gasteiger partial charge on any atom is 0.336 e. The first-order chi connectivity index (χ1) is 16.2. The van der Waals surface area contributed by atoms with Crippen LogP contribution in [0, 0.1) is 13.8 Å². The standard InChI is InChI=1S/C14H10O4.2C6H7NO/c15-13(16)11-7-3-1-5-9(11)10-6-2-4-8-12(10)14(17)18;2*1-5-2-3-7-6(8)4-5/h1-8H,(H,15,16)(H,17,18);2*2-4H,1H3,(H,7,8). The molecule has 2 aromatic heterocycles. The van der Waals surface area contributed by atoms with Crippen LogP contribution in [-0.4, -0.2) is 32.1 Å². The normalized spacial score (nSPS) is 9.59. The van der Waals surface area contributed by atoms with E-state index in [2.05, 4.69) is 9.97 Å². The van der Waals surface area contributed by atoms with Crippen molar-refractivity contribution in [2.24, 2.45) is 0 Å². The predicted molar refractivity (Wildman–Crippen MR) is 129 cm³/mol. The third kappa shape index (κ3) is 7.76. The first-order valence-corrected chi connectivity index (χ1v) is 10.1. The average Bonchev–Trinajstić information content (AvgIpc) is 2.79. The van der Waals surface area contributed by atoms with Crippen molar-refractivity contribution < 1.29 is 19.8 Å². The number of aromatic carboxylic acids is 2. The van der Waals surface area contributed by atoms with Gasteiger partial charge in [-0.1, -0.05) is 36.4 Å². The number of pyridine rings is 2. The number of hydrogen-bond acceptors (Lipinski definition) is 4. The number of carboxylic acids is 2. The molecule has 8 heteroatoms. The van der Waals surface area contributed by atoms with Crippen LogP contribution in [0.25, 0.3) is 11.1 Å². The Morgan fingerprint density at radius 3 is 1.24 bits per heavy atom. The molecule has 0 atom stereocenters.